The quantitative estimate of drug-likeness (QED) is 0.323. The highest BCUT2D eigenvalue weighted by molar-refractivity contribution is 14.1. The minimum atomic E-state index is -0.773. The number of ether oxygens (including phenoxy) is 2. The lowest BCUT2D eigenvalue weighted by Gasteiger charge is -2.26. The zero-order chi connectivity index (χ0) is 22.5. The molecule has 0 spiro atoms. The van der Waals surface area contributed by atoms with Gasteiger partial charge in [0.05, 0.1) is 22.5 Å². The van der Waals surface area contributed by atoms with Crippen LogP contribution in [0.15, 0.2) is 42.0 Å². The molecule has 7 nitrogen and oxygen atoms in total. The molecule has 0 aromatic heterocycles. The molecule has 1 saturated heterocycles. The Bertz CT molecular complexity index is 1060. The van der Waals surface area contributed by atoms with Crippen molar-refractivity contribution >= 4 is 52.2 Å². The lowest BCUT2D eigenvalue weighted by molar-refractivity contribution is -0.122. The van der Waals surface area contributed by atoms with Gasteiger partial charge in [-0.15, -0.1) is 0 Å². The van der Waals surface area contributed by atoms with Gasteiger partial charge in [0, 0.05) is 0 Å². The van der Waals surface area contributed by atoms with Crippen LogP contribution in [0, 0.1) is 10.5 Å². The lowest BCUT2D eigenvalue weighted by atomic mass is 10.1. The highest BCUT2D eigenvalue weighted by Crippen LogP contribution is 2.35. The number of aryl methyl sites for hydroxylation is 1. The van der Waals surface area contributed by atoms with Gasteiger partial charge in [-0.2, -0.15) is 0 Å². The summed E-state index contributed by atoms with van der Waals surface area (Å²) in [4.78, 5) is 38.9. The Balaban J connectivity index is 2.02. The number of anilines is 1. The maximum absolute atomic E-state index is 13.1. The van der Waals surface area contributed by atoms with Gasteiger partial charge >= 0.3 is 6.03 Å². The molecule has 0 aliphatic carbocycles. The van der Waals surface area contributed by atoms with Crippen molar-refractivity contribution in [2.45, 2.75) is 27.2 Å². The number of hydrogen-bond donors (Lipinski definition) is 1. The Kier molecular flexibility index (Phi) is 7.32. The van der Waals surface area contributed by atoms with Gasteiger partial charge in [0.15, 0.2) is 11.5 Å². The fourth-order valence-corrected chi connectivity index (χ4v) is 3.89. The molecule has 0 atom stereocenters. The van der Waals surface area contributed by atoms with E-state index in [9.17, 15) is 14.4 Å². The lowest BCUT2D eigenvalue weighted by Crippen LogP contribution is -2.54. The van der Waals surface area contributed by atoms with Crippen molar-refractivity contribution in [2.24, 2.45) is 0 Å². The molecule has 1 aliphatic heterocycles. The first kappa shape index (κ1) is 22.8. The second kappa shape index (κ2) is 9.95. The normalized spacial score (nSPS) is 15.3. The summed E-state index contributed by atoms with van der Waals surface area (Å²) in [7, 11) is 0. The summed E-state index contributed by atoms with van der Waals surface area (Å²) in [5.41, 5.74) is 1.74. The van der Waals surface area contributed by atoms with E-state index in [0.29, 0.717) is 36.0 Å². The van der Waals surface area contributed by atoms with Crippen LogP contribution < -0.4 is 19.7 Å². The fraction of sp³-hybridized carbons (Fsp3) is 0.261. The largest absolute Gasteiger partial charge is 0.490 e. The molecule has 1 heterocycles. The summed E-state index contributed by atoms with van der Waals surface area (Å²) in [6.45, 7) is 6.72. The molecule has 1 N–H and O–H groups in total. The first-order chi connectivity index (χ1) is 14.8. The molecule has 0 bridgehead atoms. The molecule has 4 amide bonds. The van der Waals surface area contributed by atoms with Crippen LogP contribution in [-0.4, -0.2) is 31.1 Å². The van der Waals surface area contributed by atoms with Crippen LogP contribution in [0.4, 0.5) is 10.5 Å². The van der Waals surface area contributed by atoms with E-state index in [4.69, 9.17) is 9.47 Å². The number of nitrogens with zero attached hydrogens (tertiary/aromatic N) is 1. The van der Waals surface area contributed by atoms with Crippen molar-refractivity contribution in [3.8, 4) is 11.5 Å². The molecule has 3 rings (SSSR count). The first-order valence-electron chi connectivity index (χ1n) is 9.93. The highest BCUT2D eigenvalue weighted by Gasteiger charge is 2.36. The number of hydrogen-bond acceptors (Lipinski definition) is 5. The standard InChI is InChI=1S/C23H23IN2O5/c1-4-9-31-20-18(24)12-15(13-19(20)30-5-2)11-17-21(27)25-23(29)26(22(17)28)16-8-6-7-14(3)10-16/h6-8,10-13H,4-5,9H2,1-3H3,(H,25,27,29)/b17-11+. The van der Waals surface area contributed by atoms with E-state index < -0.39 is 17.8 Å². The van der Waals surface area contributed by atoms with Gasteiger partial charge in [0.25, 0.3) is 11.8 Å². The van der Waals surface area contributed by atoms with Crippen LogP contribution >= 0.6 is 22.6 Å². The second-order valence-electron chi connectivity index (χ2n) is 6.91. The predicted molar refractivity (Wildman–Crippen MR) is 126 cm³/mol. The van der Waals surface area contributed by atoms with Crippen LogP contribution in [0.3, 0.4) is 0 Å². The molecular weight excluding hydrogens is 511 g/mol. The minimum absolute atomic E-state index is 0.137. The third-order valence-corrected chi connectivity index (χ3v) is 5.26. The summed E-state index contributed by atoms with van der Waals surface area (Å²) >= 11 is 2.13. The Morgan fingerprint density at radius 1 is 1.10 bits per heavy atom. The number of nitrogens with one attached hydrogen (secondary N) is 1. The summed E-state index contributed by atoms with van der Waals surface area (Å²) in [6.07, 6.45) is 2.31. The third-order valence-electron chi connectivity index (χ3n) is 4.45. The van der Waals surface area contributed by atoms with Crippen molar-refractivity contribution in [2.75, 3.05) is 18.1 Å². The van der Waals surface area contributed by atoms with E-state index in [1.165, 1.54) is 6.08 Å². The summed E-state index contributed by atoms with van der Waals surface area (Å²) in [6, 6.07) is 9.71. The van der Waals surface area contributed by atoms with Gasteiger partial charge in [-0.1, -0.05) is 19.1 Å². The van der Waals surface area contributed by atoms with Crippen molar-refractivity contribution in [1.29, 1.82) is 0 Å². The zero-order valence-corrected chi connectivity index (χ0v) is 19.7. The Labute approximate surface area is 194 Å². The van der Waals surface area contributed by atoms with Crippen molar-refractivity contribution in [1.82, 2.24) is 5.32 Å². The fourth-order valence-electron chi connectivity index (χ4n) is 3.10. The van der Waals surface area contributed by atoms with E-state index in [-0.39, 0.29) is 5.57 Å². The average Bonchev–Trinajstić information content (AvgIpc) is 2.71. The van der Waals surface area contributed by atoms with E-state index in [2.05, 4.69) is 27.9 Å². The highest BCUT2D eigenvalue weighted by atomic mass is 127. The van der Waals surface area contributed by atoms with Gasteiger partial charge in [0.1, 0.15) is 5.57 Å². The molecule has 31 heavy (non-hydrogen) atoms. The van der Waals surface area contributed by atoms with Gasteiger partial charge in [-0.05, 0) is 84.3 Å². The number of benzene rings is 2. The molecule has 0 saturated carbocycles. The predicted octanol–water partition coefficient (Wildman–Crippen LogP) is 4.45. The summed E-state index contributed by atoms with van der Waals surface area (Å²) in [5, 5.41) is 2.24. The van der Waals surface area contributed by atoms with Crippen LogP contribution in [0.1, 0.15) is 31.4 Å². The first-order valence-corrected chi connectivity index (χ1v) is 11.0. The maximum atomic E-state index is 13.1. The van der Waals surface area contributed by atoms with E-state index in [1.54, 1.807) is 30.3 Å². The number of halogens is 1. The van der Waals surface area contributed by atoms with Crippen LogP contribution in [0.5, 0.6) is 11.5 Å². The number of barbiturate groups is 1. The number of amides is 4. The topological polar surface area (TPSA) is 84.9 Å². The number of urea groups is 1. The molecular formula is C23H23IN2O5. The second-order valence-corrected chi connectivity index (χ2v) is 8.07. The van der Waals surface area contributed by atoms with Crippen LogP contribution in [0.2, 0.25) is 0 Å². The summed E-state index contributed by atoms with van der Waals surface area (Å²) in [5.74, 6) is -0.260. The van der Waals surface area contributed by atoms with E-state index in [0.717, 1.165) is 20.5 Å². The Hall–Kier alpha value is -2.88. The molecule has 0 unspecified atom stereocenters. The van der Waals surface area contributed by atoms with Crippen molar-refractivity contribution in [3.05, 3.63) is 56.7 Å². The van der Waals surface area contributed by atoms with E-state index in [1.807, 2.05) is 26.8 Å². The van der Waals surface area contributed by atoms with Crippen LogP contribution in [0.25, 0.3) is 6.08 Å². The minimum Gasteiger partial charge on any atom is -0.490 e. The Morgan fingerprint density at radius 2 is 1.87 bits per heavy atom. The molecule has 162 valence electrons. The smallest absolute Gasteiger partial charge is 0.335 e. The molecule has 1 aliphatic rings. The molecule has 2 aromatic carbocycles. The Morgan fingerprint density at radius 3 is 2.55 bits per heavy atom. The molecule has 8 heteroatoms. The van der Waals surface area contributed by atoms with Gasteiger partial charge in [-0.3, -0.25) is 14.9 Å². The maximum Gasteiger partial charge on any atom is 0.335 e. The molecule has 1 fully saturated rings. The summed E-state index contributed by atoms with van der Waals surface area (Å²) < 4.78 is 12.3. The van der Waals surface area contributed by atoms with Crippen LogP contribution in [-0.2, 0) is 9.59 Å². The van der Waals surface area contributed by atoms with Crippen molar-refractivity contribution < 1.29 is 23.9 Å². The number of rotatable bonds is 7. The van der Waals surface area contributed by atoms with E-state index >= 15 is 0 Å². The third kappa shape index (κ3) is 5.07. The number of carbonyl (C=O) groups is 3. The monoisotopic (exact) mass is 534 g/mol. The van der Waals surface area contributed by atoms with Gasteiger partial charge < -0.3 is 9.47 Å². The van der Waals surface area contributed by atoms with Gasteiger partial charge in [0.2, 0.25) is 0 Å². The molecule has 2 aromatic rings. The average molecular weight is 534 g/mol. The SMILES string of the molecule is CCCOc1c(I)cc(/C=C2\C(=O)NC(=O)N(c3cccc(C)c3)C2=O)cc1OCC. The number of imide groups is 2. The zero-order valence-electron chi connectivity index (χ0n) is 17.5. The number of carbonyl (C=O) groups excluding carboxylic acids is 3. The van der Waals surface area contributed by atoms with Crippen molar-refractivity contribution in [3.63, 3.8) is 0 Å². The molecule has 0 radical (unpaired) electrons. The van der Waals surface area contributed by atoms with Gasteiger partial charge in [-0.25, -0.2) is 9.69 Å².